The number of nitriles is 1. The summed E-state index contributed by atoms with van der Waals surface area (Å²) in [5.41, 5.74) is 0.255. The molecule has 0 unspecified atom stereocenters. The number of hydrogen-bond donors (Lipinski definition) is 1. The van der Waals surface area contributed by atoms with Gasteiger partial charge in [0.05, 0.1) is 30.4 Å². The molecule has 0 aliphatic heterocycles. The standard InChI is InChI=1S/C19H16N2O4S/c1-24-18-10-15(12-20)17(11-19(18)25-2)21-26(22,23)16-8-7-13-5-3-4-6-14(13)9-16/h3-11,21H,1-2H3. The molecular formula is C19H16N2O4S. The number of sulfonamides is 1. The van der Waals surface area contributed by atoms with Gasteiger partial charge in [-0.15, -0.1) is 0 Å². The molecule has 132 valence electrons. The van der Waals surface area contributed by atoms with Crippen molar-refractivity contribution in [3.05, 3.63) is 60.2 Å². The third-order valence-corrected chi connectivity index (χ3v) is 5.28. The maximum Gasteiger partial charge on any atom is 0.261 e. The third kappa shape index (κ3) is 3.27. The minimum absolute atomic E-state index is 0.106. The van der Waals surface area contributed by atoms with Crippen molar-refractivity contribution < 1.29 is 17.9 Å². The molecular weight excluding hydrogens is 352 g/mol. The molecule has 0 spiro atoms. The highest BCUT2D eigenvalue weighted by Gasteiger charge is 2.19. The minimum Gasteiger partial charge on any atom is -0.493 e. The van der Waals surface area contributed by atoms with Crippen molar-refractivity contribution in [3.63, 3.8) is 0 Å². The molecule has 0 fully saturated rings. The first-order chi connectivity index (χ1) is 12.5. The summed E-state index contributed by atoms with van der Waals surface area (Å²) in [5.74, 6) is 0.667. The Morgan fingerprint density at radius 3 is 2.23 bits per heavy atom. The molecule has 0 atom stereocenters. The van der Waals surface area contributed by atoms with Crippen LogP contribution in [0.5, 0.6) is 11.5 Å². The van der Waals surface area contributed by atoms with E-state index in [9.17, 15) is 13.7 Å². The Labute approximate surface area is 151 Å². The van der Waals surface area contributed by atoms with Gasteiger partial charge in [-0.2, -0.15) is 5.26 Å². The van der Waals surface area contributed by atoms with Gasteiger partial charge in [0.2, 0.25) is 0 Å². The first-order valence-electron chi connectivity index (χ1n) is 7.66. The van der Waals surface area contributed by atoms with Crippen molar-refractivity contribution in [1.29, 1.82) is 5.26 Å². The second-order valence-electron chi connectivity index (χ2n) is 5.48. The molecule has 26 heavy (non-hydrogen) atoms. The molecule has 0 aliphatic rings. The molecule has 3 aromatic carbocycles. The monoisotopic (exact) mass is 368 g/mol. The fraction of sp³-hybridized carbons (Fsp3) is 0.105. The smallest absolute Gasteiger partial charge is 0.261 e. The van der Waals surface area contributed by atoms with Crippen LogP contribution in [0, 0.1) is 11.3 Å². The number of anilines is 1. The van der Waals surface area contributed by atoms with E-state index in [1.165, 1.54) is 32.4 Å². The van der Waals surface area contributed by atoms with Crippen LogP contribution in [-0.4, -0.2) is 22.6 Å². The Morgan fingerprint density at radius 2 is 1.58 bits per heavy atom. The van der Waals surface area contributed by atoms with Crippen molar-refractivity contribution in [2.75, 3.05) is 18.9 Å². The molecule has 7 heteroatoms. The topological polar surface area (TPSA) is 88.4 Å². The molecule has 3 aromatic rings. The van der Waals surface area contributed by atoms with Crippen molar-refractivity contribution in [2.24, 2.45) is 0 Å². The van der Waals surface area contributed by atoms with E-state index in [1.54, 1.807) is 12.1 Å². The van der Waals surface area contributed by atoms with Crippen LogP contribution in [0.1, 0.15) is 5.56 Å². The fourth-order valence-electron chi connectivity index (χ4n) is 2.59. The summed E-state index contributed by atoms with van der Waals surface area (Å²) < 4.78 is 38.3. The van der Waals surface area contributed by atoms with E-state index in [0.717, 1.165) is 10.8 Å². The van der Waals surface area contributed by atoms with Gasteiger partial charge in [0.1, 0.15) is 6.07 Å². The van der Waals surface area contributed by atoms with Crippen molar-refractivity contribution in [1.82, 2.24) is 0 Å². The van der Waals surface area contributed by atoms with E-state index < -0.39 is 10.0 Å². The second kappa shape index (κ2) is 6.94. The molecule has 0 aliphatic carbocycles. The van der Waals surface area contributed by atoms with Crippen LogP contribution in [0.4, 0.5) is 5.69 Å². The van der Waals surface area contributed by atoms with Gasteiger partial charge in [-0.1, -0.05) is 30.3 Å². The first-order valence-corrected chi connectivity index (χ1v) is 9.14. The fourth-order valence-corrected chi connectivity index (χ4v) is 3.70. The summed E-state index contributed by atoms with van der Waals surface area (Å²) in [7, 11) is -1.00. The summed E-state index contributed by atoms with van der Waals surface area (Å²) in [6.07, 6.45) is 0. The highest BCUT2D eigenvalue weighted by Crippen LogP contribution is 2.34. The van der Waals surface area contributed by atoms with Gasteiger partial charge in [-0.25, -0.2) is 8.42 Å². The van der Waals surface area contributed by atoms with E-state index in [2.05, 4.69) is 4.72 Å². The molecule has 0 saturated heterocycles. The Hall–Kier alpha value is -3.24. The lowest BCUT2D eigenvalue weighted by molar-refractivity contribution is 0.355. The lowest BCUT2D eigenvalue weighted by atomic mass is 10.1. The van der Waals surface area contributed by atoms with E-state index in [-0.39, 0.29) is 16.1 Å². The SMILES string of the molecule is COc1cc(C#N)c(NS(=O)(=O)c2ccc3ccccc3c2)cc1OC. The number of nitrogens with one attached hydrogen (secondary N) is 1. The average molecular weight is 368 g/mol. The van der Waals surface area contributed by atoms with Crippen LogP contribution in [0.25, 0.3) is 10.8 Å². The number of hydrogen-bond acceptors (Lipinski definition) is 5. The lowest BCUT2D eigenvalue weighted by Crippen LogP contribution is -2.14. The van der Waals surface area contributed by atoms with E-state index in [0.29, 0.717) is 11.5 Å². The zero-order valence-electron chi connectivity index (χ0n) is 14.2. The molecule has 3 rings (SSSR count). The highest BCUT2D eigenvalue weighted by atomic mass is 32.2. The largest absolute Gasteiger partial charge is 0.493 e. The first kappa shape index (κ1) is 17.6. The van der Waals surface area contributed by atoms with Gasteiger partial charge in [-0.05, 0) is 22.9 Å². The molecule has 0 bridgehead atoms. The van der Waals surface area contributed by atoms with Gasteiger partial charge in [0.15, 0.2) is 11.5 Å². The molecule has 0 amide bonds. The molecule has 0 aromatic heterocycles. The van der Waals surface area contributed by atoms with Crippen LogP contribution >= 0.6 is 0 Å². The van der Waals surface area contributed by atoms with Crippen LogP contribution in [-0.2, 0) is 10.0 Å². The summed E-state index contributed by atoms with van der Waals surface area (Å²) in [6.45, 7) is 0. The summed E-state index contributed by atoms with van der Waals surface area (Å²) in [4.78, 5) is 0.106. The van der Waals surface area contributed by atoms with Crippen LogP contribution in [0.2, 0.25) is 0 Å². The van der Waals surface area contributed by atoms with Gasteiger partial charge in [-0.3, -0.25) is 4.72 Å². The molecule has 6 nitrogen and oxygen atoms in total. The van der Waals surface area contributed by atoms with E-state index in [1.807, 2.05) is 30.3 Å². The third-order valence-electron chi connectivity index (χ3n) is 3.92. The second-order valence-corrected chi connectivity index (χ2v) is 7.16. The van der Waals surface area contributed by atoms with Gasteiger partial charge < -0.3 is 9.47 Å². The number of methoxy groups -OCH3 is 2. The Balaban J connectivity index is 2.04. The quantitative estimate of drug-likeness (QED) is 0.744. The van der Waals surface area contributed by atoms with Gasteiger partial charge in [0.25, 0.3) is 10.0 Å². The minimum atomic E-state index is -3.88. The summed E-state index contributed by atoms with van der Waals surface area (Å²) in [6, 6.07) is 17.1. The zero-order valence-corrected chi connectivity index (χ0v) is 15.0. The Morgan fingerprint density at radius 1 is 0.923 bits per heavy atom. The molecule has 0 heterocycles. The van der Waals surface area contributed by atoms with Crippen molar-refractivity contribution in [3.8, 4) is 17.6 Å². The zero-order chi connectivity index (χ0) is 18.7. The predicted molar refractivity (Wildman–Crippen MR) is 99.0 cm³/mol. The normalized spacial score (nSPS) is 11.0. The molecule has 0 radical (unpaired) electrons. The van der Waals surface area contributed by atoms with Crippen LogP contribution in [0.3, 0.4) is 0 Å². The van der Waals surface area contributed by atoms with Crippen LogP contribution in [0.15, 0.2) is 59.5 Å². The Kier molecular flexibility index (Phi) is 4.69. The number of nitrogens with zero attached hydrogens (tertiary/aromatic N) is 1. The van der Waals surface area contributed by atoms with Crippen LogP contribution < -0.4 is 14.2 Å². The average Bonchev–Trinajstić information content (AvgIpc) is 2.66. The van der Waals surface area contributed by atoms with Crippen molar-refractivity contribution >= 4 is 26.5 Å². The van der Waals surface area contributed by atoms with Gasteiger partial charge in [0, 0.05) is 12.1 Å². The van der Waals surface area contributed by atoms with Gasteiger partial charge >= 0.3 is 0 Å². The highest BCUT2D eigenvalue weighted by molar-refractivity contribution is 7.92. The number of ether oxygens (including phenoxy) is 2. The maximum absolute atomic E-state index is 12.8. The predicted octanol–water partition coefficient (Wildman–Crippen LogP) is 3.53. The Bertz CT molecular complexity index is 1120. The maximum atomic E-state index is 12.8. The summed E-state index contributed by atoms with van der Waals surface area (Å²) >= 11 is 0. The summed E-state index contributed by atoms with van der Waals surface area (Å²) in [5, 5.41) is 11.1. The molecule has 0 saturated carbocycles. The van der Waals surface area contributed by atoms with E-state index in [4.69, 9.17) is 9.47 Å². The number of benzene rings is 3. The van der Waals surface area contributed by atoms with Crippen molar-refractivity contribution in [2.45, 2.75) is 4.90 Å². The number of rotatable bonds is 5. The van der Waals surface area contributed by atoms with E-state index >= 15 is 0 Å². The number of fused-ring (bicyclic) bond motifs is 1. The lowest BCUT2D eigenvalue weighted by Gasteiger charge is -2.14. The molecule has 1 N–H and O–H groups in total.